The lowest BCUT2D eigenvalue weighted by atomic mass is 9.96. The maximum atomic E-state index is 11.8. The van der Waals surface area contributed by atoms with Crippen LogP contribution in [0.4, 0.5) is 0 Å². The Kier molecular flexibility index (Phi) is 2.67. The molecule has 2 unspecified atom stereocenters. The minimum absolute atomic E-state index is 0.0648. The number of halogens is 1. The van der Waals surface area contributed by atoms with Gasteiger partial charge in [0.15, 0.2) is 0 Å². The Balaban J connectivity index is 2.04. The Morgan fingerprint density at radius 2 is 2.00 bits per heavy atom. The monoisotopic (exact) mass is 248 g/mol. The first-order valence-corrected chi connectivity index (χ1v) is 6.31. The van der Waals surface area contributed by atoms with E-state index in [0.29, 0.717) is 10.6 Å². The van der Waals surface area contributed by atoms with Gasteiger partial charge in [-0.05, 0) is 24.8 Å². The number of fused-ring (bicyclic) bond motifs is 1. The first-order valence-electron chi connectivity index (χ1n) is 5.93. The van der Waals surface area contributed by atoms with Crippen molar-refractivity contribution in [1.29, 1.82) is 0 Å². The van der Waals surface area contributed by atoms with Crippen molar-refractivity contribution in [2.75, 3.05) is 0 Å². The number of esters is 1. The Labute approximate surface area is 105 Å². The quantitative estimate of drug-likeness (QED) is 0.563. The van der Waals surface area contributed by atoms with E-state index in [-0.39, 0.29) is 18.0 Å². The lowest BCUT2D eigenvalue weighted by Crippen LogP contribution is -2.08. The van der Waals surface area contributed by atoms with Crippen LogP contribution in [0.2, 0.25) is 0 Å². The molecule has 1 aromatic rings. The molecule has 0 amide bonds. The fourth-order valence-electron chi connectivity index (χ4n) is 2.74. The molecule has 0 spiro atoms. The van der Waals surface area contributed by atoms with Crippen molar-refractivity contribution in [3.63, 3.8) is 0 Å². The topological polar surface area (TPSA) is 26.3 Å². The number of hydrogen-bond donors (Lipinski definition) is 0. The van der Waals surface area contributed by atoms with E-state index in [2.05, 4.69) is 0 Å². The van der Waals surface area contributed by atoms with E-state index in [1.165, 1.54) is 0 Å². The highest BCUT2D eigenvalue weighted by molar-refractivity contribution is 6.51. The Morgan fingerprint density at radius 1 is 1.24 bits per heavy atom. The first kappa shape index (κ1) is 10.8. The minimum atomic E-state index is -0.228. The number of rotatable bonds is 1. The predicted molar refractivity (Wildman–Crippen MR) is 66.4 cm³/mol. The number of carbonyl (C=O) groups is 1. The molecule has 0 aromatic heterocycles. The summed E-state index contributed by atoms with van der Waals surface area (Å²) in [5, 5.41) is 0.560. The summed E-state index contributed by atoms with van der Waals surface area (Å²) in [5.41, 5.74) is 1.58. The van der Waals surface area contributed by atoms with E-state index in [9.17, 15) is 4.79 Å². The van der Waals surface area contributed by atoms with E-state index in [0.717, 1.165) is 24.8 Å². The smallest absolute Gasteiger partial charge is 0.336 e. The summed E-state index contributed by atoms with van der Waals surface area (Å²) in [4.78, 5) is 11.8. The van der Waals surface area contributed by atoms with E-state index in [1.54, 1.807) is 0 Å². The zero-order valence-corrected chi connectivity index (χ0v) is 10.1. The molecular weight excluding hydrogens is 236 g/mol. The third-order valence-corrected chi connectivity index (χ3v) is 3.99. The molecule has 1 saturated heterocycles. The third kappa shape index (κ3) is 1.77. The molecule has 1 heterocycles. The Bertz CT molecular complexity index is 478. The van der Waals surface area contributed by atoms with Crippen LogP contribution in [-0.2, 0) is 9.53 Å². The standard InChI is InChI=1S/C14H13ClO2/c15-13(9-5-2-1-3-6-9)12-10-7-4-8-11(10)17-14(12)16/h1-3,5-6,10-11H,4,7-8H2/b13-12-. The normalized spacial score (nSPS) is 30.1. The summed E-state index contributed by atoms with van der Waals surface area (Å²) in [7, 11) is 0. The van der Waals surface area contributed by atoms with Gasteiger partial charge in [-0.15, -0.1) is 0 Å². The average molecular weight is 249 g/mol. The summed E-state index contributed by atoms with van der Waals surface area (Å²) in [6.45, 7) is 0. The third-order valence-electron chi connectivity index (χ3n) is 3.57. The molecule has 0 bridgehead atoms. The van der Waals surface area contributed by atoms with Gasteiger partial charge in [0.1, 0.15) is 6.10 Å². The first-order chi connectivity index (χ1) is 8.27. The van der Waals surface area contributed by atoms with Crippen LogP contribution < -0.4 is 0 Å². The highest BCUT2D eigenvalue weighted by atomic mass is 35.5. The van der Waals surface area contributed by atoms with Crippen molar-refractivity contribution in [2.45, 2.75) is 25.4 Å². The van der Waals surface area contributed by atoms with Crippen LogP contribution in [0.1, 0.15) is 24.8 Å². The van der Waals surface area contributed by atoms with Gasteiger partial charge >= 0.3 is 5.97 Å². The number of carbonyl (C=O) groups excluding carboxylic acids is 1. The lowest BCUT2D eigenvalue weighted by molar-refractivity contribution is -0.138. The number of hydrogen-bond acceptors (Lipinski definition) is 2. The second-order valence-corrected chi connectivity index (χ2v) is 4.95. The summed E-state index contributed by atoms with van der Waals surface area (Å²) >= 11 is 6.35. The molecule has 0 N–H and O–H groups in total. The van der Waals surface area contributed by atoms with Crippen molar-refractivity contribution >= 4 is 22.6 Å². The van der Waals surface area contributed by atoms with Crippen molar-refractivity contribution in [2.24, 2.45) is 5.92 Å². The van der Waals surface area contributed by atoms with Crippen molar-refractivity contribution in [3.8, 4) is 0 Å². The van der Waals surface area contributed by atoms with Crippen LogP contribution in [0.25, 0.3) is 5.03 Å². The van der Waals surface area contributed by atoms with E-state index in [4.69, 9.17) is 16.3 Å². The molecule has 1 aliphatic carbocycles. The van der Waals surface area contributed by atoms with Gasteiger partial charge in [0.2, 0.25) is 0 Å². The molecule has 0 radical (unpaired) electrons. The van der Waals surface area contributed by atoms with Gasteiger partial charge in [0.25, 0.3) is 0 Å². The molecule has 3 rings (SSSR count). The molecule has 1 aliphatic heterocycles. The van der Waals surface area contributed by atoms with Gasteiger partial charge in [0.05, 0.1) is 10.6 Å². The summed E-state index contributed by atoms with van der Waals surface area (Å²) in [6, 6.07) is 9.62. The van der Waals surface area contributed by atoms with Crippen LogP contribution in [-0.4, -0.2) is 12.1 Å². The van der Waals surface area contributed by atoms with Crippen molar-refractivity contribution in [3.05, 3.63) is 41.5 Å². The SMILES string of the molecule is O=C1OC2CCCC2/C1=C(/Cl)c1ccccc1. The molecule has 1 aromatic carbocycles. The average Bonchev–Trinajstić information content (AvgIpc) is 2.89. The second kappa shape index (κ2) is 4.19. The van der Waals surface area contributed by atoms with Gasteiger partial charge in [-0.2, -0.15) is 0 Å². The van der Waals surface area contributed by atoms with Gasteiger partial charge in [-0.25, -0.2) is 4.79 Å². The number of benzene rings is 1. The van der Waals surface area contributed by atoms with Gasteiger partial charge < -0.3 is 4.74 Å². The molecule has 88 valence electrons. The largest absolute Gasteiger partial charge is 0.458 e. The molecule has 17 heavy (non-hydrogen) atoms. The summed E-state index contributed by atoms with van der Waals surface area (Å²) in [5.74, 6) is -0.0243. The van der Waals surface area contributed by atoms with Crippen LogP contribution in [0.5, 0.6) is 0 Å². The van der Waals surface area contributed by atoms with E-state index in [1.807, 2.05) is 30.3 Å². The maximum absolute atomic E-state index is 11.8. The zero-order valence-electron chi connectivity index (χ0n) is 9.36. The molecule has 2 aliphatic rings. The molecule has 3 heteroatoms. The van der Waals surface area contributed by atoms with Crippen LogP contribution >= 0.6 is 11.6 Å². The van der Waals surface area contributed by atoms with Crippen LogP contribution in [0.3, 0.4) is 0 Å². The fourth-order valence-corrected chi connectivity index (χ4v) is 3.09. The molecule has 1 saturated carbocycles. The zero-order chi connectivity index (χ0) is 11.8. The Hall–Kier alpha value is -1.28. The lowest BCUT2D eigenvalue weighted by Gasteiger charge is -2.07. The highest BCUT2D eigenvalue weighted by Crippen LogP contribution is 2.44. The summed E-state index contributed by atoms with van der Waals surface area (Å²) in [6.07, 6.45) is 3.16. The van der Waals surface area contributed by atoms with Crippen LogP contribution in [0.15, 0.2) is 35.9 Å². The maximum Gasteiger partial charge on any atom is 0.336 e. The fraction of sp³-hybridized carbons (Fsp3) is 0.357. The van der Waals surface area contributed by atoms with Gasteiger partial charge in [-0.3, -0.25) is 0 Å². The summed E-state index contributed by atoms with van der Waals surface area (Å²) < 4.78 is 5.36. The predicted octanol–water partition coefficient (Wildman–Crippen LogP) is 3.36. The van der Waals surface area contributed by atoms with Gasteiger partial charge in [-0.1, -0.05) is 41.9 Å². The molecule has 2 atom stereocenters. The minimum Gasteiger partial charge on any atom is -0.458 e. The second-order valence-electron chi connectivity index (χ2n) is 4.57. The van der Waals surface area contributed by atoms with E-state index < -0.39 is 0 Å². The Morgan fingerprint density at radius 3 is 2.76 bits per heavy atom. The van der Waals surface area contributed by atoms with E-state index >= 15 is 0 Å². The number of ether oxygens (including phenoxy) is 1. The highest BCUT2D eigenvalue weighted by Gasteiger charge is 2.44. The molecule has 2 nitrogen and oxygen atoms in total. The van der Waals surface area contributed by atoms with Crippen LogP contribution in [0, 0.1) is 5.92 Å². The molecule has 2 fully saturated rings. The van der Waals surface area contributed by atoms with Crippen molar-refractivity contribution in [1.82, 2.24) is 0 Å². The van der Waals surface area contributed by atoms with Gasteiger partial charge in [0, 0.05) is 5.92 Å². The molecular formula is C14H13ClO2. The van der Waals surface area contributed by atoms with Crippen molar-refractivity contribution < 1.29 is 9.53 Å².